The molecule has 0 radical (unpaired) electrons. The lowest BCUT2D eigenvalue weighted by molar-refractivity contribution is 0.101. The van der Waals surface area contributed by atoms with E-state index in [4.69, 9.17) is 4.52 Å². The molecule has 0 spiro atoms. The number of anilines is 2. The maximum absolute atomic E-state index is 11.9. The molecule has 2 heterocycles. The van der Waals surface area contributed by atoms with Gasteiger partial charge in [0, 0.05) is 18.8 Å². The van der Waals surface area contributed by atoms with Gasteiger partial charge in [-0.05, 0) is 19.9 Å². The summed E-state index contributed by atoms with van der Waals surface area (Å²) in [7, 11) is 1.69. The number of hydrogen-bond donors (Lipinski definition) is 2. The van der Waals surface area contributed by atoms with Gasteiger partial charge in [0.1, 0.15) is 5.69 Å². The molecule has 0 saturated carbocycles. The molecule has 0 aliphatic carbocycles. The van der Waals surface area contributed by atoms with Crippen LogP contribution in [-0.2, 0) is 0 Å². The van der Waals surface area contributed by atoms with E-state index < -0.39 is 0 Å². The highest BCUT2D eigenvalue weighted by Gasteiger charge is 2.12. The minimum Gasteiger partial charge on any atom is -0.357 e. The van der Waals surface area contributed by atoms with Gasteiger partial charge in [-0.3, -0.25) is 10.1 Å². The fourth-order valence-corrected chi connectivity index (χ4v) is 1.40. The lowest BCUT2D eigenvalue weighted by Crippen LogP contribution is -2.15. The van der Waals surface area contributed by atoms with Crippen LogP contribution >= 0.6 is 0 Å². The Morgan fingerprint density at radius 1 is 1.22 bits per heavy atom. The van der Waals surface area contributed by atoms with Gasteiger partial charge in [0.15, 0.2) is 0 Å². The molecule has 0 aromatic carbocycles. The molecule has 2 N–H and O–H groups in total. The van der Waals surface area contributed by atoms with Gasteiger partial charge in [-0.25, -0.2) is 9.97 Å². The Kier molecular flexibility index (Phi) is 3.22. The topological polar surface area (TPSA) is 92.9 Å². The minimum atomic E-state index is -0.367. The predicted octanol–water partition coefficient (Wildman–Crippen LogP) is 1.38. The third-order valence-corrected chi connectivity index (χ3v) is 2.18. The fraction of sp³-hybridized carbons (Fsp3) is 0.273. The van der Waals surface area contributed by atoms with Crippen molar-refractivity contribution < 1.29 is 9.32 Å². The standard InChI is InChI=1S/C11H13N5O2/c1-6-4-8(14-11(12-3)13-6)10(17)15-9-5-7(2)16-18-9/h4-5H,1-3H3,(H,15,17)(H,12,13,14). The quantitative estimate of drug-likeness (QED) is 0.851. The van der Waals surface area contributed by atoms with Crippen LogP contribution in [0.2, 0.25) is 0 Å². The van der Waals surface area contributed by atoms with Crippen molar-refractivity contribution in [1.29, 1.82) is 0 Å². The Balaban J connectivity index is 2.20. The zero-order chi connectivity index (χ0) is 13.1. The number of hydrogen-bond acceptors (Lipinski definition) is 6. The second kappa shape index (κ2) is 4.82. The summed E-state index contributed by atoms with van der Waals surface area (Å²) in [5.74, 6) is 0.321. The highest BCUT2D eigenvalue weighted by Crippen LogP contribution is 2.11. The smallest absolute Gasteiger partial charge is 0.276 e. The SMILES string of the molecule is CNc1nc(C)cc(C(=O)Nc2cc(C)no2)n1. The summed E-state index contributed by atoms with van der Waals surface area (Å²) in [5, 5.41) is 9.04. The molecule has 2 aromatic rings. The normalized spacial score (nSPS) is 10.2. The number of nitrogens with zero attached hydrogens (tertiary/aromatic N) is 3. The minimum absolute atomic E-state index is 0.265. The van der Waals surface area contributed by atoms with Crippen molar-refractivity contribution in [2.45, 2.75) is 13.8 Å². The van der Waals surface area contributed by atoms with Gasteiger partial charge in [-0.1, -0.05) is 5.16 Å². The molecule has 2 rings (SSSR count). The number of aromatic nitrogens is 3. The zero-order valence-electron chi connectivity index (χ0n) is 10.3. The van der Waals surface area contributed by atoms with E-state index in [0.29, 0.717) is 23.2 Å². The summed E-state index contributed by atoms with van der Waals surface area (Å²) >= 11 is 0. The number of carbonyl (C=O) groups excluding carboxylic acids is 1. The maximum Gasteiger partial charge on any atom is 0.276 e. The fourth-order valence-electron chi connectivity index (χ4n) is 1.40. The molecule has 0 aliphatic heterocycles. The van der Waals surface area contributed by atoms with E-state index in [-0.39, 0.29) is 11.6 Å². The molecule has 7 heteroatoms. The van der Waals surface area contributed by atoms with Gasteiger partial charge in [0.2, 0.25) is 11.8 Å². The highest BCUT2D eigenvalue weighted by atomic mass is 16.5. The van der Waals surface area contributed by atoms with Crippen LogP contribution in [0.15, 0.2) is 16.7 Å². The first-order valence-corrected chi connectivity index (χ1v) is 5.36. The van der Waals surface area contributed by atoms with Crippen molar-refractivity contribution in [1.82, 2.24) is 15.1 Å². The largest absolute Gasteiger partial charge is 0.357 e. The van der Waals surface area contributed by atoms with Crippen molar-refractivity contribution >= 4 is 17.7 Å². The van der Waals surface area contributed by atoms with Gasteiger partial charge >= 0.3 is 0 Å². The van der Waals surface area contributed by atoms with Gasteiger partial charge in [-0.2, -0.15) is 0 Å². The third-order valence-electron chi connectivity index (χ3n) is 2.18. The Morgan fingerprint density at radius 3 is 2.61 bits per heavy atom. The summed E-state index contributed by atoms with van der Waals surface area (Å²) < 4.78 is 4.90. The van der Waals surface area contributed by atoms with E-state index in [1.54, 1.807) is 33.0 Å². The molecule has 0 aliphatic rings. The van der Waals surface area contributed by atoms with E-state index in [0.717, 1.165) is 0 Å². The molecular formula is C11H13N5O2. The molecule has 0 saturated heterocycles. The molecule has 7 nitrogen and oxygen atoms in total. The van der Waals surface area contributed by atoms with Gasteiger partial charge in [0.05, 0.1) is 5.69 Å². The van der Waals surface area contributed by atoms with Crippen LogP contribution in [0.1, 0.15) is 21.9 Å². The van der Waals surface area contributed by atoms with E-state index in [1.807, 2.05) is 0 Å². The van der Waals surface area contributed by atoms with Crippen molar-refractivity contribution in [3.05, 3.63) is 29.2 Å². The predicted molar refractivity (Wildman–Crippen MR) is 65.5 cm³/mol. The maximum atomic E-state index is 11.9. The van der Waals surface area contributed by atoms with Gasteiger partial charge < -0.3 is 9.84 Å². The molecule has 2 aromatic heterocycles. The lowest BCUT2D eigenvalue weighted by Gasteiger charge is -2.04. The van der Waals surface area contributed by atoms with Crippen molar-refractivity contribution in [2.24, 2.45) is 0 Å². The van der Waals surface area contributed by atoms with Crippen molar-refractivity contribution in [2.75, 3.05) is 17.7 Å². The number of carbonyl (C=O) groups is 1. The summed E-state index contributed by atoms with van der Waals surface area (Å²) in [6, 6.07) is 3.23. The first-order chi connectivity index (χ1) is 8.58. The molecular weight excluding hydrogens is 234 g/mol. The van der Waals surface area contributed by atoms with E-state index >= 15 is 0 Å². The van der Waals surface area contributed by atoms with Crippen LogP contribution < -0.4 is 10.6 Å². The van der Waals surface area contributed by atoms with Crippen LogP contribution in [0.3, 0.4) is 0 Å². The second-order valence-electron chi connectivity index (χ2n) is 3.75. The number of amides is 1. The number of aryl methyl sites for hydroxylation is 2. The van der Waals surface area contributed by atoms with Gasteiger partial charge in [0.25, 0.3) is 5.91 Å². The Labute approximate surface area is 104 Å². The first-order valence-electron chi connectivity index (χ1n) is 5.36. The summed E-state index contributed by atoms with van der Waals surface area (Å²) in [5.41, 5.74) is 1.66. The van der Waals surface area contributed by atoms with Crippen molar-refractivity contribution in [3.63, 3.8) is 0 Å². The first kappa shape index (κ1) is 12.0. The number of nitrogens with one attached hydrogen (secondary N) is 2. The summed E-state index contributed by atoms with van der Waals surface area (Å²) in [6.07, 6.45) is 0. The molecule has 1 amide bonds. The average Bonchev–Trinajstić information content (AvgIpc) is 2.73. The average molecular weight is 247 g/mol. The van der Waals surface area contributed by atoms with Gasteiger partial charge in [-0.15, -0.1) is 0 Å². The molecule has 0 fully saturated rings. The highest BCUT2D eigenvalue weighted by molar-refractivity contribution is 6.02. The monoisotopic (exact) mass is 247 g/mol. The van der Waals surface area contributed by atoms with E-state index in [9.17, 15) is 4.79 Å². The molecule has 94 valence electrons. The lowest BCUT2D eigenvalue weighted by atomic mass is 10.3. The second-order valence-corrected chi connectivity index (χ2v) is 3.75. The van der Waals surface area contributed by atoms with Crippen LogP contribution in [0, 0.1) is 13.8 Å². The van der Waals surface area contributed by atoms with Crippen LogP contribution in [-0.4, -0.2) is 28.1 Å². The molecule has 0 atom stereocenters. The zero-order valence-corrected chi connectivity index (χ0v) is 10.3. The molecule has 18 heavy (non-hydrogen) atoms. The van der Waals surface area contributed by atoms with Crippen LogP contribution in [0.25, 0.3) is 0 Å². The van der Waals surface area contributed by atoms with Crippen molar-refractivity contribution in [3.8, 4) is 0 Å². The van der Waals surface area contributed by atoms with E-state index in [2.05, 4.69) is 25.8 Å². The number of rotatable bonds is 3. The summed E-state index contributed by atoms with van der Waals surface area (Å²) in [6.45, 7) is 3.56. The Morgan fingerprint density at radius 2 is 2.00 bits per heavy atom. The molecule has 0 bridgehead atoms. The van der Waals surface area contributed by atoms with Crippen LogP contribution in [0.4, 0.5) is 11.8 Å². The summed E-state index contributed by atoms with van der Waals surface area (Å²) in [4.78, 5) is 20.1. The third kappa shape index (κ3) is 2.62. The molecule has 0 unspecified atom stereocenters. The van der Waals surface area contributed by atoms with E-state index in [1.165, 1.54) is 0 Å². The van der Waals surface area contributed by atoms with Crippen LogP contribution in [0.5, 0.6) is 0 Å². The Bertz CT molecular complexity index is 579. The Hall–Kier alpha value is -2.44.